The van der Waals surface area contributed by atoms with Crippen LogP contribution in [0.2, 0.25) is 5.15 Å². The van der Waals surface area contributed by atoms with Gasteiger partial charge < -0.3 is 10.1 Å². The highest BCUT2D eigenvalue weighted by molar-refractivity contribution is 7.20. The molecule has 0 aliphatic carbocycles. The van der Waals surface area contributed by atoms with Gasteiger partial charge in [0.1, 0.15) is 10.2 Å². The number of nitrogens with one attached hydrogen (secondary N) is 1. The first-order valence-electron chi connectivity index (χ1n) is 9.02. The molecule has 1 N–H and O–H groups in total. The van der Waals surface area contributed by atoms with Gasteiger partial charge in [-0.1, -0.05) is 25.4 Å². The number of hydrogen-bond donors (Lipinski definition) is 1. The van der Waals surface area contributed by atoms with Crippen molar-refractivity contribution in [1.82, 2.24) is 9.97 Å². The topological polar surface area (TPSA) is 47.0 Å². The Hall–Kier alpha value is -1.21. The van der Waals surface area contributed by atoms with Crippen molar-refractivity contribution >= 4 is 50.2 Å². The van der Waals surface area contributed by atoms with Crippen LogP contribution in [0.1, 0.15) is 48.1 Å². The Balaban J connectivity index is 0.000000948. The number of aromatic nitrogens is 2. The fourth-order valence-corrected chi connectivity index (χ4v) is 5.31. The standard InChI is InChI=1S/C17H18ClN3OS2.C2H6/c1-10-15-17(24-16(10)11-2-5-22-6-3-11)12(8-13(18)21-15)20-9-14-19-4-7-23-14;1-2/h4,7-8,11H,2-3,5-6,9H2,1H3,(H,20,21);1-2H3. The molecule has 3 aromatic rings. The van der Waals surface area contributed by atoms with Gasteiger partial charge in [-0.05, 0) is 31.2 Å². The fourth-order valence-electron chi connectivity index (χ4n) is 3.15. The van der Waals surface area contributed by atoms with Crippen molar-refractivity contribution in [2.24, 2.45) is 0 Å². The summed E-state index contributed by atoms with van der Waals surface area (Å²) >= 11 is 9.77. The molecule has 1 aliphatic heterocycles. The molecule has 4 nitrogen and oxygen atoms in total. The van der Waals surface area contributed by atoms with E-state index in [-0.39, 0.29) is 0 Å². The molecule has 140 valence electrons. The maximum Gasteiger partial charge on any atom is 0.131 e. The third kappa shape index (κ3) is 4.19. The Morgan fingerprint density at radius 1 is 1.31 bits per heavy atom. The average Bonchev–Trinajstić information content (AvgIpc) is 3.31. The van der Waals surface area contributed by atoms with Crippen LogP contribution in [0.3, 0.4) is 0 Å². The Kier molecular flexibility index (Phi) is 6.86. The molecule has 26 heavy (non-hydrogen) atoms. The van der Waals surface area contributed by atoms with Crippen LogP contribution in [-0.4, -0.2) is 23.2 Å². The highest BCUT2D eigenvalue weighted by atomic mass is 35.5. The van der Waals surface area contributed by atoms with Crippen LogP contribution in [0, 0.1) is 6.92 Å². The summed E-state index contributed by atoms with van der Waals surface area (Å²) in [6.45, 7) is 8.57. The van der Waals surface area contributed by atoms with E-state index in [1.165, 1.54) is 15.1 Å². The molecule has 0 bridgehead atoms. The molecule has 0 amide bonds. The van der Waals surface area contributed by atoms with Crippen molar-refractivity contribution in [3.8, 4) is 0 Å². The first kappa shape index (κ1) is 19.5. The molecule has 4 rings (SSSR count). The van der Waals surface area contributed by atoms with Gasteiger partial charge in [0.25, 0.3) is 0 Å². The number of fused-ring (bicyclic) bond motifs is 1. The van der Waals surface area contributed by atoms with Crippen molar-refractivity contribution in [3.63, 3.8) is 0 Å². The fraction of sp³-hybridized carbons (Fsp3) is 0.474. The summed E-state index contributed by atoms with van der Waals surface area (Å²) in [7, 11) is 0. The number of anilines is 1. The Bertz CT molecular complexity index is 842. The van der Waals surface area contributed by atoms with E-state index in [0.29, 0.717) is 17.6 Å². The Morgan fingerprint density at radius 2 is 2.08 bits per heavy atom. The first-order valence-corrected chi connectivity index (χ1v) is 11.1. The third-order valence-electron chi connectivity index (χ3n) is 4.38. The SMILES string of the molecule is CC.Cc1c(C2CCOCC2)sc2c(NCc3nccs3)cc(Cl)nc12. The molecule has 4 heterocycles. The summed E-state index contributed by atoms with van der Waals surface area (Å²) in [6.07, 6.45) is 4.00. The second-order valence-electron chi connectivity index (χ2n) is 5.93. The van der Waals surface area contributed by atoms with Crippen molar-refractivity contribution < 1.29 is 4.74 Å². The Morgan fingerprint density at radius 3 is 2.77 bits per heavy atom. The summed E-state index contributed by atoms with van der Waals surface area (Å²) in [6, 6.07) is 1.92. The third-order valence-corrected chi connectivity index (χ3v) is 6.83. The number of rotatable bonds is 4. The number of nitrogens with zero attached hydrogens (tertiary/aromatic N) is 2. The second kappa shape index (κ2) is 9.13. The number of pyridine rings is 1. The molecule has 1 fully saturated rings. The van der Waals surface area contributed by atoms with Gasteiger partial charge in [-0.25, -0.2) is 9.97 Å². The molecule has 7 heteroatoms. The summed E-state index contributed by atoms with van der Waals surface area (Å²) < 4.78 is 6.70. The van der Waals surface area contributed by atoms with E-state index in [1.54, 1.807) is 11.3 Å². The highest BCUT2D eigenvalue weighted by Crippen LogP contribution is 2.42. The molecular weight excluding hydrogens is 386 g/mol. The molecule has 1 saturated heterocycles. The minimum Gasteiger partial charge on any atom is -0.381 e. The van der Waals surface area contributed by atoms with Crippen LogP contribution < -0.4 is 5.32 Å². The van der Waals surface area contributed by atoms with Gasteiger partial charge in [-0.3, -0.25) is 0 Å². The number of ether oxygens (including phenoxy) is 1. The van der Waals surface area contributed by atoms with E-state index in [0.717, 1.165) is 42.3 Å². The number of thiazole rings is 1. The van der Waals surface area contributed by atoms with Crippen molar-refractivity contribution in [2.45, 2.75) is 46.1 Å². The minimum atomic E-state index is 0.531. The van der Waals surface area contributed by atoms with Crippen LogP contribution in [0.15, 0.2) is 17.6 Å². The van der Waals surface area contributed by atoms with Gasteiger partial charge in [0.15, 0.2) is 0 Å². The second-order valence-corrected chi connectivity index (χ2v) is 8.35. The zero-order valence-electron chi connectivity index (χ0n) is 15.3. The molecule has 0 aromatic carbocycles. The van der Waals surface area contributed by atoms with E-state index in [4.69, 9.17) is 16.3 Å². The maximum atomic E-state index is 6.27. The van der Waals surface area contributed by atoms with Crippen LogP contribution in [0.4, 0.5) is 5.69 Å². The maximum absolute atomic E-state index is 6.27. The minimum absolute atomic E-state index is 0.531. The van der Waals surface area contributed by atoms with Gasteiger partial charge in [-0.15, -0.1) is 22.7 Å². The molecular formula is C19H24ClN3OS2. The lowest BCUT2D eigenvalue weighted by atomic mass is 9.96. The molecule has 3 aromatic heterocycles. The Labute approximate surface area is 167 Å². The van der Waals surface area contributed by atoms with Crippen LogP contribution in [0.25, 0.3) is 10.2 Å². The smallest absolute Gasteiger partial charge is 0.131 e. The molecule has 0 atom stereocenters. The quantitative estimate of drug-likeness (QED) is 0.517. The van der Waals surface area contributed by atoms with Crippen molar-refractivity contribution in [1.29, 1.82) is 0 Å². The number of halogens is 1. The van der Waals surface area contributed by atoms with E-state index >= 15 is 0 Å². The van der Waals surface area contributed by atoms with Crippen LogP contribution >= 0.6 is 34.3 Å². The molecule has 1 aliphatic rings. The normalized spacial score (nSPS) is 14.9. The molecule has 0 saturated carbocycles. The number of aryl methyl sites for hydroxylation is 1. The molecule has 0 radical (unpaired) electrons. The van der Waals surface area contributed by atoms with Crippen molar-refractivity contribution in [3.05, 3.63) is 38.2 Å². The van der Waals surface area contributed by atoms with Crippen LogP contribution in [0.5, 0.6) is 0 Å². The molecule has 0 unspecified atom stereocenters. The van der Waals surface area contributed by atoms with Gasteiger partial charge in [-0.2, -0.15) is 0 Å². The lowest BCUT2D eigenvalue weighted by Crippen LogP contribution is -2.13. The van der Waals surface area contributed by atoms with E-state index in [2.05, 4.69) is 22.2 Å². The first-order chi connectivity index (χ1) is 12.7. The zero-order chi connectivity index (χ0) is 18.5. The van der Waals surface area contributed by atoms with E-state index in [1.807, 2.05) is 42.8 Å². The summed E-state index contributed by atoms with van der Waals surface area (Å²) in [5.74, 6) is 0.573. The summed E-state index contributed by atoms with van der Waals surface area (Å²) in [4.78, 5) is 10.3. The summed E-state index contributed by atoms with van der Waals surface area (Å²) in [5.41, 5.74) is 3.34. The largest absolute Gasteiger partial charge is 0.381 e. The lowest BCUT2D eigenvalue weighted by Gasteiger charge is -2.21. The highest BCUT2D eigenvalue weighted by Gasteiger charge is 2.23. The lowest BCUT2D eigenvalue weighted by molar-refractivity contribution is 0.0859. The van der Waals surface area contributed by atoms with E-state index in [9.17, 15) is 0 Å². The summed E-state index contributed by atoms with van der Waals surface area (Å²) in [5, 5.41) is 7.07. The predicted molar refractivity (Wildman–Crippen MR) is 113 cm³/mol. The van der Waals surface area contributed by atoms with Gasteiger partial charge in [0, 0.05) is 35.7 Å². The molecule has 0 spiro atoms. The van der Waals surface area contributed by atoms with E-state index < -0.39 is 0 Å². The zero-order valence-corrected chi connectivity index (χ0v) is 17.7. The average molecular weight is 410 g/mol. The number of hydrogen-bond acceptors (Lipinski definition) is 6. The monoisotopic (exact) mass is 409 g/mol. The van der Waals surface area contributed by atoms with Crippen LogP contribution in [-0.2, 0) is 11.3 Å². The predicted octanol–water partition coefficient (Wildman–Crippen LogP) is 6.25. The van der Waals surface area contributed by atoms with Gasteiger partial charge in [0.05, 0.1) is 22.4 Å². The van der Waals surface area contributed by atoms with Crippen molar-refractivity contribution in [2.75, 3.05) is 18.5 Å². The van der Waals surface area contributed by atoms with Gasteiger partial charge >= 0.3 is 0 Å². The number of thiophene rings is 1. The van der Waals surface area contributed by atoms with Gasteiger partial charge in [0.2, 0.25) is 0 Å².